The Kier molecular flexibility index (Phi) is 4.68. The Labute approximate surface area is 163 Å². The minimum Gasteiger partial charge on any atom is -0.463 e. The van der Waals surface area contributed by atoms with Gasteiger partial charge in [0.15, 0.2) is 5.76 Å². The third-order valence-electron chi connectivity index (χ3n) is 4.85. The maximum absolute atomic E-state index is 13.1. The summed E-state index contributed by atoms with van der Waals surface area (Å²) in [6, 6.07) is 13.2. The van der Waals surface area contributed by atoms with Gasteiger partial charge in [-0.15, -0.1) is 4.40 Å². The van der Waals surface area contributed by atoms with Crippen molar-refractivity contribution in [2.45, 2.75) is 0 Å². The molecule has 0 atom stereocenters. The Bertz CT molecular complexity index is 1020. The molecule has 1 saturated heterocycles. The molecule has 8 nitrogen and oxygen atoms in total. The summed E-state index contributed by atoms with van der Waals surface area (Å²) in [6.07, 6.45) is 2.90. The topological polar surface area (TPSA) is 86.4 Å². The van der Waals surface area contributed by atoms with Crippen LogP contribution in [0.5, 0.6) is 0 Å². The number of hydrogen-bond donors (Lipinski definition) is 0. The van der Waals surface area contributed by atoms with Crippen molar-refractivity contribution in [1.29, 1.82) is 0 Å². The summed E-state index contributed by atoms with van der Waals surface area (Å²) in [5, 5.41) is 0. The molecule has 0 aliphatic carbocycles. The van der Waals surface area contributed by atoms with Crippen molar-refractivity contribution in [3.8, 4) is 0 Å². The number of likely N-dealkylation sites (N-methyl/N-ethyl adjacent to an activating group) is 1. The third kappa shape index (κ3) is 3.40. The summed E-state index contributed by atoms with van der Waals surface area (Å²) < 4.78 is 34.7. The predicted octanol–water partition coefficient (Wildman–Crippen LogP) is 1.49. The van der Waals surface area contributed by atoms with Gasteiger partial charge in [0.25, 0.3) is 5.91 Å². The van der Waals surface area contributed by atoms with Crippen molar-refractivity contribution in [2.24, 2.45) is 4.40 Å². The van der Waals surface area contributed by atoms with Gasteiger partial charge in [0.1, 0.15) is 11.4 Å². The van der Waals surface area contributed by atoms with Gasteiger partial charge in [0, 0.05) is 38.9 Å². The molecule has 3 heterocycles. The molecular formula is C19H20N4O4S. The average Bonchev–Trinajstić information content (AvgIpc) is 3.25. The first-order chi connectivity index (χ1) is 13.5. The van der Waals surface area contributed by atoms with Crippen LogP contribution in [0, 0.1) is 0 Å². The number of allylic oxidation sites excluding steroid dienone is 1. The number of anilines is 1. The van der Waals surface area contributed by atoms with E-state index in [-0.39, 0.29) is 17.3 Å². The first kappa shape index (κ1) is 18.3. The Morgan fingerprint density at radius 1 is 1.04 bits per heavy atom. The largest absolute Gasteiger partial charge is 0.463 e. The zero-order chi connectivity index (χ0) is 19.7. The molecular weight excluding hydrogens is 380 g/mol. The zero-order valence-electron chi connectivity index (χ0n) is 15.4. The Morgan fingerprint density at radius 3 is 2.39 bits per heavy atom. The van der Waals surface area contributed by atoms with Crippen LogP contribution in [-0.4, -0.2) is 62.5 Å². The highest BCUT2D eigenvalue weighted by Gasteiger charge is 2.34. The van der Waals surface area contributed by atoms with Gasteiger partial charge in [0.05, 0.1) is 6.26 Å². The lowest BCUT2D eigenvalue weighted by Crippen LogP contribution is -2.51. The van der Waals surface area contributed by atoms with E-state index in [1.54, 1.807) is 17.0 Å². The van der Waals surface area contributed by atoms with Gasteiger partial charge in [0.2, 0.25) is 0 Å². The van der Waals surface area contributed by atoms with Gasteiger partial charge < -0.3 is 14.2 Å². The molecule has 0 radical (unpaired) electrons. The lowest BCUT2D eigenvalue weighted by atomic mass is 10.2. The van der Waals surface area contributed by atoms with E-state index < -0.39 is 10.2 Å². The van der Waals surface area contributed by atoms with E-state index >= 15 is 0 Å². The second kappa shape index (κ2) is 7.16. The number of amides is 1. The van der Waals surface area contributed by atoms with Crippen LogP contribution < -0.4 is 4.90 Å². The normalized spacial score (nSPS) is 19.2. The van der Waals surface area contributed by atoms with Crippen LogP contribution >= 0.6 is 0 Å². The molecule has 1 fully saturated rings. The van der Waals surface area contributed by atoms with Crippen LogP contribution in [0.25, 0.3) is 0 Å². The second-order valence-corrected chi connectivity index (χ2v) is 8.17. The highest BCUT2D eigenvalue weighted by molar-refractivity contribution is 7.88. The Balaban J connectivity index is 1.53. The first-order valence-electron chi connectivity index (χ1n) is 8.89. The summed E-state index contributed by atoms with van der Waals surface area (Å²) in [7, 11) is -2.65. The van der Waals surface area contributed by atoms with Crippen molar-refractivity contribution in [3.05, 3.63) is 66.3 Å². The molecule has 4 rings (SSSR count). The smallest absolute Gasteiger partial charge is 0.345 e. The van der Waals surface area contributed by atoms with Crippen LogP contribution in [0.1, 0.15) is 5.76 Å². The summed E-state index contributed by atoms with van der Waals surface area (Å²) in [6.45, 7) is 2.37. The Hall–Kier alpha value is -3.07. The molecule has 2 aliphatic heterocycles. The SMILES string of the molecule is CN1C(C(=O)N2CCN(c3ccccc3)CC2)=CC(c2ccco2)=NS1(=O)=O. The number of nitrogens with zero attached hydrogens (tertiary/aromatic N) is 4. The second-order valence-electron chi connectivity index (χ2n) is 6.54. The first-order valence-corrected chi connectivity index (χ1v) is 10.3. The molecule has 2 aliphatic rings. The van der Waals surface area contributed by atoms with Crippen LogP contribution in [0.2, 0.25) is 0 Å². The number of hydrogen-bond acceptors (Lipinski definition) is 5. The molecule has 0 unspecified atom stereocenters. The van der Waals surface area contributed by atoms with E-state index in [0.29, 0.717) is 31.9 Å². The zero-order valence-corrected chi connectivity index (χ0v) is 16.2. The predicted molar refractivity (Wildman–Crippen MR) is 105 cm³/mol. The molecule has 0 bridgehead atoms. The van der Waals surface area contributed by atoms with Crippen LogP contribution in [0.3, 0.4) is 0 Å². The quantitative estimate of drug-likeness (QED) is 0.779. The highest BCUT2D eigenvalue weighted by Crippen LogP contribution is 2.23. The van der Waals surface area contributed by atoms with Gasteiger partial charge in [-0.2, -0.15) is 8.42 Å². The monoisotopic (exact) mass is 400 g/mol. The molecule has 1 aromatic carbocycles. The van der Waals surface area contributed by atoms with E-state index in [0.717, 1.165) is 9.99 Å². The average molecular weight is 400 g/mol. The van der Waals surface area contributed by atoms with Gasteiger partial charge in [-0.3, -0.25) is 4.79 Å². The van der Waals surface area contributed by atoms with Crippen molar-refractivity contribution in [2.75, 3.05) is 38.1 Å². The number of carbonyl (C=O) groups excluding carboxylic acids is 1. The molecule has 1 amide bonds. The molecule has 1 aromatic heterocycles. The lowest BCUT2D eigenvalue weighted by Gasteiger charge is -2.37. The summed E-state index contributed by atoms with van der Waals surface area (Å²) in [5.74, 6) is -0.0337. The van der Waals surface area contributed by atoms with E-state index in [9.17, 15) is 13.2 Å². The van der Waals surface area contributed by atoms with Crippen molar-refractivity contribution in [1.82, 2.24) is 9.21 Å². The maximum Gasteiger partial charge on any atom is 0.345 e. The molecule has 0 saturated carbocycles. The minimum atomic E-state index is -3.99. The molecule has 28 heavy (non-hydrogen) atoms. The fraction of sp³-hybridized carbons (Fsp3) is 0.263. The minimum absolute atomic E-state index is 0.0644. The van der Waals surface area contributed by atoms with E-state index in [4.69, 9.17) is 4.42 Å². The van der Waals surface area contributed by atoms with E-state index in [1.165, 1.54) is 19.4 Å². The number of para-hydroxylation sites is 1. The molecule has 0 N–H and O–H groups in total. The molecule has 146 valence electrons. The Morgan fingerprint density at radius 2 is 1.75 bits per heavy atom. The summed E-state index contributed by atoms with van der Waals surface area (Å²) in [4.78, 5) is 16.9. The van der Waals surface area contributed by atoms with Crippen LogP contribution in [0.15, 0.2) is 69.3 Å². The van der Waals surface area contributed by atoms with Crippen molar-refractivity contribution >= 4 is 27.5 Å². The maximum atomic E-state index is 13.1. The van der Waals surface area contributed by atoms with Crippen molar-refractivity contribution in [3.63, 3.8) is 0 Å². The van der Waals surface area contributed by atoms with Gasteiger partial charge in [-0.1, -0.05) is 18.2 Å². The van der Waals surface area contributed by atoms with Gasteiger partial charge in [-0.05, 0) is 30.3 Å². The number of furan rings is 1. The van der Waals surface area contributed by atoms with Gasteiger partial charge in [-0.25, -0.2) is 4.31 Å². The number of carbonyl (C=O) groups is 1. The lowest BCUT2D eigenvalue weighted by molar-refractivity contribution is -0.128. The highest BCUT2D eigenvalue weighted by atomic mass is 32.2. The standard InChI is InChI=1S/C19H20N4O4S/c1-21-17(14-16(20-28(21,25)26)18-8-5-13-27-18)19(24)23-11-9-22(10-12-23)15-6-3-2-4-7-15/h2-8,13-14H,9-12H2,1H3. The fourth-order valence-electron chi connectivity index (χ4n) is 3.26. The number of piperazine rings is 1. The van der Waals surface area contributed by atoms with Gasteiger partial charge >= 0.3 is 10.2 Å². The summed E-state index contributed by atoms with van der Waals surface area (Å²) in [5.41, 5.74) is 1.29. The van der Waals surface area contributed by atoms with E-state index in [1.807, 2.05) is 30.3 Å². The van der Waals surface area contributed by atoms with Crippen LogP contribution in [0.4, 0.5) is 5.69 Å². The third-order valence-corrected chi connectivity index (χ3v) is 6.17. The van der Waals surface area contributed by atoms with Crippen LogP contribution in [-0.2, 0) is 15.0 Å². The molecule has 0 spiro atoms. The van der Waals surface area contributed by atoms with Crippen molar-refractivity contribution < 1.29 is 17.6 Å². The molecule has 9 heteroatoms. The number of rotatable bonds is 3. The molecule has 2 aromatic rings. The number of benzene rings is 1. The summed E-state index contributed by atoms with van der Waals surface area (Å²) >= 11 is 0. The fourth-order valence-corrected chi connectivity index (χ4v) is 4.16. The van der Waals surface area contributed by atoms with E-state index in [2.05, 4.69) is 9.30 Å².